The zero-order valence-corrected chi connectivity index (χ0v) is 11.0. The molecular weight excluding hydrogens is 218 g/mol. The Balaban J connectivity index is 2.38. The third-order valence-electron chi connectivity index (χ3n) is 3.45. The molecule has 0 aliphatic carbocycles. The van der Waals surface area contributed by atoms with Crippen molar-refractivity contribution in [2.24, 2.45) is 0 Å². The summed E-state index contributed by atoms with van der Waals surface area (Å²) in [5.41, 5.74) is 0. The fourth-order valence-corrected chi connectivity index (χ4v) is 2.65. The third kappa shape index (κ3) is 4.64. The molecule has 0 spiro atoms. The zero-order valence-electron chi connectivity index (χ0n) is 11.0. The molecule has 2 atom stereocenters. The van der Waals surface area contributed by atoms with Gasteiger partial charge in [-0.15, -0.1) is 0 Å². The fraction of sp³-hybridized carbons (Fsp3) is 0.923. The van der Waals surface area contributed by atoms with Crippen molar-refractivity contribution in [1.29, 1.82) is 0 Å². The van der Waals surface area contributed by atoms with Crippen LogP contribution in [0, 0.1) is 0 Å². The molecule has 1 fully saturated rings. The van der Waals surface area contributed by atoms with E-state index in [9.17, 15) is 4.79 Å². The second-order valence-corrected chi connectivity index (χ2v) is 4.76. The summed E-state index contributed by atoms with van der Waals surface area (Å²) < 4.78 is 4.98. The van der Waals surface area contributed by atoms with Gasteiger partial charge in [0.15, 0.2) is 0 Å². The summed E-state index contributed by atoms with van der Waals surface area (Å²) >= 11 is 0. The Hall–Kier alpha value is -0.610. The molecule has 1 aliphatic rings. The average molecular weight is 243 g/mol. The zero-order chi connectivity index (χ0) is 12.7. The molecule has 4 heteroatoms. The molecule has 0 aromatic rings. The number of hydrogen-bond acceptors (Lipinski definition) is 4. The highest BCUT2D eigenvalue weighted by atomic mass is 16.5. The lowest BCUT2D eigenvalue weighted by molar-refractivity contribution is -0.144. The largest absolute Gasteiger partial charge is 0.466 e. The van der Waals surface area contributed by atoms with Crippen LogP contribution in [0.25, 0.3) is 0 Å². The Bertz CT molecular complexity index is 233. The van der Waals surface area contributed by atoms with Gasteiger partial charge in [0.05, 0.1) is 13.0 Å². The molecule has 0 amide bonds. The van der Waals surface area contributed by atoms with Crippen LogP contribution in [0.2, 0.25) is 0 Å². The van der Waals surface area contributed by atoms with Gasteiger partial charge in [-0.3, -0.25) is 9.69 Å². The van der Waals surface area contributed by atoms with Gasteiger partial charge >= 0.3 is 5.97 Å². The van der Waals surface area contributed by atoms with Crippen molar-refractivity contribution in [1.82, 2.24) is 4.90 Å². The monoisotopic (exact) mass is 243 g/mol. The molecule has 0 aromatic heterocycles. The Kier molecular flexibility index (Phi) is 6.52. The summed E-state index contributed by atoms with van der Waals surface area (Å²) in [7, 11) is 0. The van der Waals surface area contributed by atoms with Crippen LogP contribution in [0.1, 0.15) is 46.0 Å². The van der Waals surface area contributed by atoms with Gasteiger partial charge in [-0.1, -0.05) is 0 Å². The molecule has 0 saturated carbocycles. The highest BCUT2D eigenvalue weighted by Crippen LogP contribution is 2.24. The van der Waals surface area contributed by atoms with Crippen LogP contribution in [0.3, 0.4) is 0 Å². The van der Waals surface area contributed by atoms with Crippen molar-refractivity contribution < 1.29 is 14.6 Å². The van der Waals surface area contributed by atoms with E-state index in [1.165, 1.54) is 12.8 Å². The molecule has 2 unspecified atom stereocenters. The van der Waals surface area contributed by atoms with E-state index in [-0.39, 0.29) is 18.6 Å². The first-order chi connectivity index (χ1) is 8.19. The summed E-state index contributed by atoms with van der Waals surface area (Å²) in [4.78, 5) is 13.8. The summed E-state index contributed by atoms with van der Waals surface area (Å²) in [6.07, 6.45) is 4.75. The van der Waals surface area contributed by atoms with E-state index in [0.717, 1.165) is 19.4 Å². The number of esters is 1. The Labute approximate surface area is 104 Å². The normalized spacial score (nSPS) is 22.6. The first kappa shape index (κ1) is 14.5. The maximum Gasteiger partial charge on any atom is 0.307 e. The minimum Gasteiger partial charge on any atom is -0.466 e. The number of carbonyl (C=O) groups is 1. The number of nitrogens with zero attached hydrogens (tertiary/aromatic N) is 1. The van der Waals surface area contributed by atoms with Crippen molar-refractivity contribution in [2.75, 3.05) is 19.8 Å². The number of hydrogen-bond donors (Lipinski definition) is 1. The maximum absolute atomic E-state index is 11.4. The van der Waals surface area contributed by atoms with E-state index in [1.807, 2.05) is 6.92 Å². The van der Waals surface area contributed by atoms with E-state index < -0.39 is 0 Å². The lowest BCUT2D eigenvalue weighted by atomic mass is 10.1. The van der Waals surface area contributed by atoms with Crippen molar-refractivity contribution >= 4 is 5.97 Å². The van der Waals surface area contributed by atoms with E-state index in [2.05, 4.69) is 11.8 Å². The Morgan fingerprint density at radius 1 is 1.59 bits per heavy atom. The van der Waals surface area contributed by atoms with Crippen LogP contribution in [-0.2, 0) is 9.53 Å². The second-order valence-electron chi connectivity index (χ2n) is 4.76. The number of rotatable bonds is 7. The maximum atomic E-state index is 11.4. The molecule has 1 saturated heterocycles. The number of carbonyl (C=O) groups excluding carboxylic acids is 1. The molecule has 0 aromatic carbocycles. The topological polar surface area (TPSA) is 49.8 Å². The fourth-order valence-electron chi connectivity index (χ4n) is 2.65. The molecule has 0 radical (unpaired) electrons. The smallest absolute Gasteiger partial charge is 0.307 e. The van der Waals surface area contributed by atoms with Gasteiger partial charge in [-0.25, -0.2) is 0 Å². The van der Waals surface area contributed by atoms with Crippen molar-refractivity contribution in [3.05, 3.63) is 0 Å². The summed E-state index contributed by atoms with van der Waals surface area (Å²) in [5.74, 6) is -0.104. The van der Waals surface area contributed by atoms with Crippen LogP contribution in [0.4, 0.5) is 0 Å². The first-order valence-electron chi connectivity index (χ1n) is 6.71. The van der Waals surface area contributed by atoms with Crippen molar-refractivity contribution in [3.8, 4) is 0 Å². The molecular formula is C13H25NO3. The highest BCUT2D eigenvalue weighted by Gasteiger charge is 2.29. The predicted molar refractivity (Wildman–Crippen MR) is 66.8 cm³/mol. The van der Waals surface area contributed by atoms with Crippen LogP contribution in [0.5, 0.6) is 0 Å². The summed E-state index contributed by atoms with van der Waals surface area (Å²) in [5, 5.41) is 8.87. The van der Waals surface area contributed by atoms with Crippen LogP contribution >= 0.6 is 0 Å². The van der Waals surface area contributed by atoms with Crippen LogP contribution in [-0.4, -0.2) is 47.8 Å². The van der Waals surface area contributed by atoms with E-state index in [0.29, 0.717) is 19.1 Å². The van der Waals surface area contributed by atoms with E-state index in [4.69, 9.17) is 9.84 Å². The van der Waals surface area contributed by atoms with Crippen molar-refractivity contribution in [2.45, 2.75) is 58.0 Å². The van der Waals surface area contributed by atoms with Crippen LogP contribution in [0.15, 0.2) is 0 Å². The average Bonchev–Trinajstić information content (AvgIpc) is 2.74. The molecule has 100 valence electrons. The number of aliphatic hydroxyl groups is 1. The summed E-state index contributed by atoms with van der Waals surface area (Å²) in [6.45, 7) is 5.71. The number of likely N-dealkylation sites (tertiary alicyclic amines) is 1. The van der Waals surface area contributed by atoms with Gasteiger partial charge in [-0.2, -0.15) is 0 Å². The van der Waals surface area contributed by atoms with E-state index in [1.54, 1.807) is 0 Å². The lowest BCUT2D eigenvalue weighted by Gasteiger charge is -2.30. The minimum absolute atomic E-state index is 0.104. The number of ether oxygens (including phenoxy) is 1. The van der Waals surface area contributed by atoms with Gasteiger partial charge in [0.25, 0.3) is 0 Å². The quantitative estimate of drug-likeness (QED) is 0.689. The Morgan fingerprint density at radius 3 is 3.00 bits per heavy atom. The lowest BCUT2D eigenvalue weighted by Crippen LogP contribution is -2.38. The molecule has 1 rings (SSSR count). The second kappa shape index (κ2) is 7.67. The van der Waals surface area contributed by atoms with Gasteiger partial charge < -0.3 is 9.84 Å². The standard InChI is InChI=1S/C13H25NO3/c1-3-17-13(16)10-11(2)14-8-4-6-12(14)7-5-9-15/h11-12,15H,3-10H2,1-2H3. The first-order valence-corrected chi connectivity index (χ1v) is 6.71. The van der Waals surface area contributed by atoms with Gasteiger partial charge in [-0.05, 0) is 46.1 Å². The molecule has 1 aliphatic heterocycles. The molecule has 4 nitrogen and oxygen atoms in total. The SMILES string of the molecule is CCOC(=O)CC(C)N1CCCC1CCCO. The highest BCUT2D eigenvalue weighted by molar-refractivity contribution is 5.70. The predicted octanol–water partition coefficient (Wildman–Crippen LogP) is 1.56. The minimum atomic E-state index is -0.104. The third-order valence-corrected chi connectivity index (χ3v) is 3.45. The van der Waals surface area contributed by atoms with Gasteiger partial charge in [0, 0.05) is 18.7 Å². The molecule has 17 heavy (non-hydrogen) atoms. The van der Waals surface area contributed by atoms with Crippen LogP contribution < -0.4 is 0 Å². The van der Waals surface area contributed by atoms with E-state index >= 15 is 0 Å². The Morgan fingerprint density at radius 2 is 2.35 bits per heavy atom. The molecule has 1 heterocycles. The summed E-state index contributed by atoms with van der Waals surface area (Å²) in [6, 6.07) is 0.784. The van der Waals surface area contributed by atoms with Gasteiger partial charge in [0.1, 0.15) is 0 Å². The van der Waals surface area contributed by atoms with Crippen molar-refractivity contribution in [3.63, 3.8) is 0 Å². The molecule has 0 bridgehead atoms. The van der Waals surface area contributed by atoms with Gasteiger partial charge in [0.2, 0.25) is 0 Å². The molecule has 1 N–H and O–H groups in total. The number of aliphatic hydroxyl groups excluding tert-OH is 1.